The van der Waals surface area contributed by atoms with Crippen LogP contribution in [0.1, 0.15) is 19.3 Å². The van der Waals surface area contributed by atoms with Crippen molar-refractivity contribution in [2.45, 2.75) is 31.8 Å². The molecule has 1 unspecified atom stereocenters. The molecule has 3 heterocycles. The number of likely N-dealkylation sites (tertiary alicyclic amines) is 1. The van der Waals surface area contributed by atoms with Crippen LogP contribution >= 0.6 is 0 Å². The second kappa shape index (κ2) is 6.26. The molecule has 1 aromatic rings. The van der Waals surface area contributed by atoms with Gasteiger partial charge in [0.1, 0.15) is 0 Å². The molecule has 0 saturated carbocycles. The average Bonchev–Trinajstić information content (AvgIpc) is 3.12. The molecule has 2 fully saturated rings. The van der Waals surface area contributed by atoms with E-state index in [1.54, 1.807) is 6.20 Å². The minimum Gasteiger partial charge on any atom is -0.336 e. The lowest BCUT2D eigenvalue weighted by molar-refractivity contribution is -0.129. The van der Waals surface area contributed by atoms with Gasteiger partial charge in [-0.2, -0.15) is 5.10 Å². The van der Waals surface area contributed by atoms with E-state index in [2.05, 4.69) is 15.3 Å². The van der Waals surface area contributed by atoms with E-state index in [0.29, 0.717) is 25.7 Å². The smallest absolute Gasteiger partial charge is 0.324 e. The highest BCUT2D eigenvalue weighted by Gasteiger charge is 2.30. The minimum absolute atomic E-state index is 0.0997. The van der Waals surface area contributed by atoms with Crippen LogP contribution in [0.5, 0.6) is 0 Å². The van der Waals surface area contributed by atoms with Crippen molar-refractivity contribution in [3.63, 3.8) is 0 Å². The lowest BCUT2D eigenvalue weighted by Crippen LogP contribution is -2.48. The van der Waals surface area contributed by atoms with Crippen LogP contribution in [0.15, 0.2) is 18.5 Å². The van der Waals surface area contributed by atoms with Gasteiger partial charge in [0.15, 0.2) is 0 Å². The molecule has 1 atom stereocenters. The number of piperidine rings is 1. The normalized spacial score (nSPS) is 23.3. The van der Waals surface area contributed by atoms with Crippen molar-refractivity contribution >= 4 is 11.9 Å². The van der Waals surface area contributed by atoms with Gasteiger partial charge in [0.05, 0.1) is 13.1 Å². The maximum absolute atomic E-state index is 12.3. The minimum atomic E-state index is -0.263. The summed E-state index contributed by atoms with van der Waals surface area (Å²) in [6, 6.07) is 1.96. The third kappa shape index (κ3) is 3.24. The van der Waals surface area contributed by atoms with Crippen molar-refractivity contribution in [3.8, 4) is 0 Å². The molecule has 2 aliphatic heterocycles. The van der Waals surface area contributed by atoms with E-state index in [9.17, 15) is 9.59 Å². The molecule has 0 spiro atoms. The summed E-state index contributed by atoms with van der Waals surface area (Å²) in [5.41, 5.74) is 0. The van der Waals surface area contributed by atoms with E-state index in [4.69, 9.17) is 0 Å². The molecule has 1 N–H and O–H groups in total. The van der Waals surface area contributed by atoms with Gasteiger partial charge < -0.3 is 5.32 Å². The number of hydrogen-bond acceptors (Lipinski definition) is 4. The molecule has 0 bridgehead atoms. The van der Waals surface area contributed by atoms with Crippen LogP contribution in [0.3, 0.4) is 0 Å². The maximum Gasteiger partial charge on any atom is 0.324 e. The van der Waals surface area contributed by atoms with Crippen molar-refractivity contribution in [2.24, 2.45) is 0 Å². The van der Waals surface area contributed by atoms with E-state index in [1.807, 2.05) is 16.9 Å². The molecule has 0 aliphatic carbocycles. The van der Waals surface area contributed by atoms with Crippen molar-refractivity contribution in [1.29, 1.82) is 0 Å². The zero-order chi connectivity index (χ0) is 14.7. The summed E-state index contributed by atoms with van der Waals surface area (Å²) in [5.74, 6) is -0.0997. The molecular formula is C14H21N5O2. The van der Waals surface area contributed by atoms with Crippen LogP contribution in [-0.2, 0) is 11.3 Å². The second-order valence-electron chi connectivity index (χ2n) is 5.63. The van der Waals surface area contributed by atoms with E-state index >= 15 is 0 Å². The maximum atomic E-state index is 12.3. The summed E-state index contributed by atoms with van der Waals surface area (Å²) in [6.45, 7) is 3.07. The largest absolute Gasteiger partial charge is 0.336 e. The highest BCUT2D eigenvalue weighted by atomic mass is 16.2. The van der Waals surface area contributed by atoms with Gasteiger partial charge in [0.2, 0.25) is 5.91 Å². The number of aromatic nitrogens is 2. The average molecular weight is 291 g/mol. The molecule has 0 radical (unpaired) electrons. The Morgan fingerprint density at radius 1 is 1.38 bits per heavy atom. The first-order chi connectivity index (χ1) is 10.2. The van der Waals surface area contributed by atoms with Gasteiger partial charge in [0.25, 0.3) is 0 Å². The van der Waals surface area contributed by atoms with Crippen LogP contribution in [-0.4, -0.2) is 63.7 Å². The molecule has 3 rings (SSSR count). The topological polar surface area (TPSA) is 70.5 Å². The zero-order valence-electron chi connectivity index (χ0n) is 12.1. The Bertz CT molecular complexity index is 501. The number of carbonyl (C=O) groups excluding carboxylic acids is 2. The van der Waals surface area contributed by atoms with E-state index in [1.165, 1.54) is 11.3 Å². The number of nitrogens with one attached hydrogen (secondary N) is 1. The fraction of sp³-hybridized carbons (Fsp3) is 0.643. The predicted molar refractivity (Wildman–Crippen MR) is 76.6 cm³/mol. The number of amides is 3. The highest BCUT2D eigenvalue weighted by molar-refractivity contribution is 5.96. The summed E-state index contributed by atoms with van der Waals surface area (Å²) >= 11 is 0. The van der Waals surface area contributed by atoms with E-state index < -0.39 is 0 Å². The van der Waals surface area contributed by atoms with Crippen molar-refractivity contribution in [2.75, 3.05) is 26.2 Å². The monoisotopic (exact) mass is 291 g/mol. The fourth-order valence-corrected chi connectivity index (χ4v) is 3.07. The third-order valence-corrected chi connectivity index (χ3v) is 4.20. The zero-order valence-corrected chi connectivity index (χ0v) is 12.1. The molecule has 1 aromatic heterocycles. The standard InChI is InChI=1S/C14H21N5O2/c20-13(19-9-6-15-14(19)21)11-17-7-2-1-4-12(17)10-18-8-3-5-16-18/h3,5,8,12H,1-2,4,6-7,9-11H2,(H,15,21). The molecule has 0 aromatic carbocycles. The van der Waals surface area contributed by atoms with E-state index in [0.717, 1.165) is 25.9 Å². The van der Waals surface area contributed by atoms with Gasteiger partial charge in [-0.05, 0) is 25.5 Å². The summed E-state index contributed by atoms with van der Waals surface area (Å²) in [6.07, 6.45) is 7.07. The molecule has 114 valence electrons. The van der Waals surface area contributed by atoms with Crippen LogP contribution in [0.2, 0.25) is 0 Å². The summed E-state index contributed by atoms with van der Waals surface area (Å²) in [4.78, 5) is 27.3. The Morgan fingerprint density at radius 3 is 3.00 bits per heavy atom. The van der Waals surface area contributed by atoms with Gasteiger partial charge in [-0.15, -0.1) is 0 Å². The van der Waals surface area contributed by atoms with Crippen LogP contribution in [0.25, 0.3) is 0 Å². The predicted octanol–water partition coefficient (Wildman–Crippen LogP) is 0.289. The van der Waals surface area contributed by atoms with Crippen LogP contribution < -0.4 is 5.32 Å². The van der Waals surface area contributed by atoms with Crippen molar-refractivity contribution in [1.82, 2.24) is 24.9 Å². The molecule has 7 heteroatoms. The Morgan fingerprint density at radius 2 is 2.29 bits per heavy atom. The number of imide groups is 1. The fourth-order valence-electron chi connectivity index (χ4n) is 3.07. The van der Waals surface area contributed by atoms with Crippen molar-refractivity contribution in [3.05, 3.63) is 18.5 Å². The second-order valence-corrected chi connectivity index (χ2v) is 5.63. The molecular weight excluding hydrogens is 270 g/mol. The Balaban J connectivity index is 1.61. The van der Waals surface area contributed by atoms with E-state index in [-0.39, 0.29) is 11.9 Å². The Kier molecular flexibility index (Phi) is 4.19. The first-order valence-corrected chi connectivity index (χ1v) is 7.54. The SMILES string of the molecule is O=C(CN1CCCCC1Cn1cccn1)N1CCNC1=O. The Labute approximate surface area is 123 Å². The molecule has 2 aliphatic rings. The third-order valence-electron chi connectivity index (χ3n) is 4.20. The van der Waals surface area contributed by atoms with Gasteiger partial charge >= 0.3 is 6.03 Å². The lowest BCUT2D eigenvalue weighted by Gasteiger charge is -2.35. The van der Waals surface area contributed by atoms with Gasteiger partial charge in [-0.3, -0.25) is 19.3 Å². The number of rotatable bonds is 4. The Hall–Kier alpha value is -1.89. The number of carbonyl (C=O) groups is 2. The lowest BCUT2D eigenvalue weighted by atomic mass is 10.0. The molecule has 7 nitrogen and oxygen atoms in total. The molecule has 3 amide bonds. The highest BCUT2D eigenvalue weighted by Crippen LogP contribution is 2.18. The summed E-state index contributed by atoms with van der Waals surface area (Å²) in [5, 5.41) is 6.91. The molecule has 2 saturated heterocycles. The summed E-state index contributed by atoms with van der Waals surface area (Å²) < 4.78 is 1.91. The van der Waals surface area contributed by atoms with Gasteiger partial charge in [-0.1, -0.05) is 6.42 Å². The number of nitrogens with zero attached hydrogens (tertiary/aromatic N) is 4. The number of hydrogen-bond donors (Lipinski definition) is 1. The quantitative estimate of drug-likeness (QED) is 0.865. The van der Waals surface area contributed by atoms with Crippen LogP contribution in [0.4, 0.5) is 4.79 Å². The van der Waals surface area contributed by atoms with Crippen LogP contribution in [0, 0.1) is 0 Å². The first kappa shape index (κ1) is 14.1. The first-order valence-electron chi connectivity index (χ1n) is 7.54. The van der Waals surface area contributed by atoms with Crippen molar-refractivity contribution < 1.29 is 9.59 Å². The number of urea groups is 1. The summed E-state index contributed by atoms with van der Waals surface area (Å²) in [7, 11) is 0. The molecule has 21 heavy (non-hydrogen) atoms. The van der Waals surface area contributed by atoms with Gasteiger partial charge in [-0.25, -0.2) is 4.79 Å². The van der Waals surface area contributed by atoms with Gasteiger partial charge in [0, 0.05) is 31.5 Å².